The molecule has 1 amide bonds. The van der Waals surface area contributed by atoms with Crippen LogP contribution in [0.3, 0.4) is 0 Å². The van der Waals surface area contributed by atoms with Crippen LogP contribution in [0, 0.1) is 0 Å². The minimum Gasteiger partial charge on any atom is -0.406 e. The molecular formula is C12H11F3N4O2. The van der Waals surface area contributed by atoms with Gasteiger partial charge in [0.2, 0.25) is 0 Å². The molecule has 0 saturated heterocycles. The van der Waals surface area contributed by atoms with Crippen molar-refractivity contribution in [3.05, 3.63) is 41.7 Å². The molecule has 1 heterocycles. The topological polar surface area (TPSA) is 69.0 Å². The Hall–Kier alpha value is -2.58. The summed E-state index contributed by atoms with van der Waals surface area (Å²) in [6, 6.07) is 5.36. The molecule has 112 valence electrons. The maximum atomic E-state index is 12.1. The monoisotopic (exact) mass is 300 g/mol. The molecule has 0 radical (unpaired) electrons. The maximum absolute atomic E-state index is 12.1. The van der Waals surface area contributed by atoms with E-state index in [1.165, 1.54) is 29.2 Å². The van der Waals surface area contributed by atoms with E-state index in [4.69, 9.17) is 0 Å². The first-order valence-corrected chi connectivity index (χ1v) is 5.83. The van der Waals surface area contributed by atoms with E-state index in [1.54, 1.807) is 13.1 Å². The van der Waals surface area contributed by atoms with E-state index < -0.39 is 12.3 Å². The molecule has 2 rings (SSSR count). The number of halogens is 3. The molecule has 6 nitrogen and oxygen atoms in total. The van der Waals surface area contributed by atoms with Crippen molar-refractivity contribution in [3.63, 3.8) is 0 Å². The Balaban J connectivity index is 1.97. The molecule has 0 aliphatic heterocycles. The van der Waals surface area contributed by atoms with Crippen molar-refractivity contribution >= 4 is 5.91 Å². The van der Waals surface area contributed by atoms with Gasteiger partial charge in [-0.2, -0.15) is 9.90 Å². The second-order valence-corrected chi connectivity index (χ2v) is 4.10. The number of alkyl halides is 3. The molecule has 0 unspecified atom stereocenters. The van der Waals surface area contributed by atoms with Crippen LogP contribution >= 0.6 is 0 Å². The third-order valence-electron chi connectivity index (χ3n) is 2.42. The van der Waals surface area contributed by atoms with E-state index in [2.05, 4.69) is 20.3 Å². The Morgan fingerprint density at radius 2 is 2.19 bits per heavy atom. The van der Waals surface area contributed by atoms with Crippen LogP contribution in [0.2, 0.25) is 0 Å². The lowest BCUT2D eigenvalue weighted by atomic mass is 10.2. The number of benzene rings is 1. The van der Waals surface area contributed by atoms with Gasteiger partial charge in [0, 0.05) is 13.6 Å². The number of aryl methyl sites for hydroxylation is 1. The van der Waals surface area contributed by atoms with Crippen molar-refractivity contribution in [2.45, 2.75) is 12.9 Å². The normalized spacial score (nSPS) is 11.2. The highest BCUT2D eigenvalue weighted by molar-refractivity contribution is 5.91. The fourth-order valence-corrected chi connectivity index (χ4v) is 1.58. The van der Waals surface area contributed by atoms with Gasteiger partial charge in [0.05, 0.1) is 6.20 Å². The molecule has 9 heteroatoms. The van der Waals surface area contributed by atoms with Crippen molar-refractivity contribution in [3.8, 4) is 5.75 Å². The van der Waals surface area contributed by atoms with E-state index in [0.717, 1.165) is 0 Å². The summed E-state index contributed by atoms with van der Waals surface area (Å²) in [5, 5.41) is 10.1. The van der Waals surface area contributed by atoms with Crippen molar-refractivity contribution in [1.29, 1.82) is 0 Å². The summed E-state index contributed by atoms with van der Waals surface area (Å²) < 4.78 is 40.1. The average Bonchev–Trinajstić information content (AvgIpc) is 2.81. The van der Waals surface area contributed by atoms with Gasteiger partial charge in [-0.05, 0) is 17.7 Å². The van der Waals surface area contributed by atoms with Crippen LogP contribution in [0.1, 0.15) is 16.1 Å². The summed E-state index contributed by atoms with van der Waals surface area (Å²) in [5.74, 6) is -0.806. The van der Waals surface area contributed by atoms with Crippen molar-refractivity contribution in [2.24, 2.45) is 7.05 Å². The number of hydrogen-bond acceptors (Lipinski definition) is 4. The molecule has 21 heavy (non-hydrogen) atoms. The highest BCUT2D eigenvalue weighted by atomic mass is 19.4. The number of rotatable bonds is 4. The number of carbonyl (C=O) groups is 1. The molecule has 0 saturated carbocycles. The summed E-state index contributed by atoms with van der Waals surface area (Å²) in [4.78, 5) is 12.9. The summed E-state index contributed by atoms with van der Waals surface area (Å²) in [6.07, 6.45) is -3.46. The molecule has 1 aromatic carbocycles. The van der Waals surface area contributed by atoms with Gasteiger partial charge in [-0.3, -0.25) is 4.79 Å². The Kier molecular flexibility index (Phi) is 4.10. The summed E-state index contributed by atoms with van der Waals surface area (Å²) in [7, 11) is 1.56. The Morgan fingerprint density at radius 3 is 2.81 bits per heavy atom. The van der Waals surface area contributed by atoms with Gasteiger partial charge in [-0.1, -0.05) is 12.1 Å². The average molecular weight is 300 g/mol. The van der Waals surface area contributed by atoms with E-state index in [-0.39, 0.29) is 18.0 Å². The van der Waals surface area contributed by atoms with Gasteiger partial charge in [0.1, 0.15) is 5.75 Å². The zero-order valence-corrected chi connectivity index (χ0v) is 10.9. The lowest BCUT2D eigenvalue weighted by Gasteiger charge is -2.10. The van der Waals surface area contributed by atoms with E-state index in [1.807, 2.05) is 0 Å². The molecular weight excluding hydrogens is 289 g/mol. The zero-order chi connectivity index (χ0) is 15.5. The Bertz CT molecular complexity index is 639. The second-order valence-electron chi connectivity index (χ2n) is 4.10. The zero-order valence-electron chi connectivity index (χ0n) is 10.9. The van der Waals surface area contributed by atoms with E-state index in [0.29, 0.717) is 5.56 Å². The van der Waals surface area contributed by atoms with Crippen LogP contribution in [0.4, 0.5) is 13.2 Å². The molecule has 2 aromatic rings. The van der Waals surface area contributed by atoms with Gasteiger partial charge in [-0.25, -0.2) is 0 Å². The molecule has 0 atom stereocenters. The predicted octanol–water partition coefficient (Wildman–Crippen LogP) is 1.64. The van der Waals surface area contributed by atoms with Crippen LogP contribution in [0.5, 0.6) is 5.75 Å². The standard InChI is InChI=1S/C12H11F3N4O2/c1-19-17-7-10(18-19)11(20)16-6-8-3-2-4-9(5-8)21-12(13,14)15/h2-5,7H,6H2,1H3,(H,16,20). The van der Waals surface area contributed by atoms with Gasteiger partial charge < -0.3 is 10.1 Å². The largest absolute Gasteiger partial charge is 0.573 e. The molecule has 0 bridgehead atoms. The summed E-state index contributed by atoms with van der Waals surface area (Å²) >= 11 is 0. The first-order valence-electron chi connectivity index (χ1n) is 5.83. The van der Waals surface area contributed by atoms with Crippen LogP contribution in [-0.2, 0) is 13.6 Å². The molecule has 1 aromatic heterocycles. The third kappa shape index (κ3) is 4.48. The second kappa shape index (κ2) is 5.81. The quantitative estimate of drug-likeness (QED) is 0.932. The highest BCUT2D eigenvalue weighted by Crippen LogP contribution is 2.23. The third-order valence-corrected chi connectivity index (χ3v) is 2.42. The number of aromatic nitrogens is 3. The van der Waals surface area contributed by atoms with Gasteiger partial charge in [0.15, 0.2) is 5.69 Å². The van der Waals surface area contributed by atoms with Crippen LogP contribution < -0.4 is 10.1 Å². The molecule has 1 N–H and O–H groups in total. The van der Waals surface area contributed by atoms with Crippen molar-refractivity contribution in [2.75, 3.05) is 0 Å². The molecule has 0 aliphatic carbocycles. The highest BCUT2D eigenvalue weighted by Gasteiger charge is 2.31. The Labute approximate surface area is 117 Å². The van der Waals surface area contributed by atoms with Crippen LogP contribution in [0.25, 0.3) is 0 Å². The predicted molar refractivity (Wildman–Crippen MR) is 65.3 cm³/mol. The van der Waals surface area contributed by atoms with Crippen molar-refractivity contribution < 1.29 is 22.7 Å². The number of hydrogen-bond donors (Lipinski definition) is 1. The number of nitrogens with zero attached hydrogens (tertiary/aromatic N) is 3. The fraction of sp³-hybridized carbons (Fsp3) is 0.250. The number of nitrogens with one attached hydrogen (secondary N) is 1. The summed E-state index contributed by atoms with van der Waals surface area (Å²) in [6.45, 7) is 0.0461. The number of ether oxygens (including phenoxy) is 1. The van der Waals surface area contributed by atoms with Gasteiger partial charge >= 0.3 is 6.36 Å². The molecule has 0 spiro atoms. The Morgan fingerprint density at radius 1 is 1.43 bits per heavy atom. The van der Waals surface area contributed by atoms with Gasteiger partial charge in [0.25, 0.3) is 5.91 Å². The number of amides is 1. The number of carbonyl (C=O) groups excluding carboxylic acids is 1. The minimum atomic E-state index is -4.75. The van der Waals surface area contributed by atoms with E-state index >= 15 is 0 Å². The van der Waals surface area contributed by atoms with Crippen LogP contribution in [0.15, 0.2) is 30.5 Å². The lowest BCUT2D eigenvalue weighted by Crippen LogP contribution is -2.23. The summed E-state index contributed by atoms with van der Waals surface area (Å²) in [5.41, 5.74) is 0.592. The van der Waals surface area contributed by atoms with E-state index in [9.17, 15) is 18.0 Å². The first-order chi connectivity index (χ1) is 9.83. The van der Waals surface area contributed by atoms with Crippen molar-refractivity contribution in [1.82, 2.24) is 20.3 Å². The lowest BCUT2D eigenvalue weighted by molar-refractivity contribution is -0.274. The smallest absolute Gasteiger partial charge is 0.406 e. The SMILES string of the molecule is Cn1ncc(C(=O)NCc2cccc(OC(F)(F)F)c2)n1. The van der Waals surface area contributed by atoms with Gasteiger partial charge in [-0.15, -0.1) is 18.3 Å². The first kappa shape index (κ1) is 14.8. The minimum absolute atomic E-state index is 0.0461. The molecule has 0 aliphatic rings. The maximum Gasteiger partial charge on any atom is 0.573 e. The fourth-order valence-electron chi connectivity index (χ4n) is 1.58. The van der Waals surface area contributed by atoms with Crippen LogP contribution in [-0.4, -0.2) is 27.3 Å². The molecule has 0 fully saturated rings.